The minimum absolute atomic E-state index is 0.217. The molecule has 9 rings (SSSR count). The van der Waals surface area contributed by atoms with Gasteiger partial charge in [-0.1, -0.05) is 24.3 Å². The molecule has 0 atom stereocenters. The van der Waals surface area contributed by atoms with Gasteiger partial charge in [-0.2, -0.15) is 9.13 Å². The number of methoxy groups -OCH3 is 2. The van der Waals surface area contributed by atoms with Gasteiger partial charge < -0.3 is 19.4 Å². The summed E-state index contributed by atoms with van der Waals surface area (Å²) in [6.07, 6.45) is 7.25. The van der Waals surface area contributed by atoms with E-state index in [9.17, 15) is 9.59 Å². The highest BCUT2D eigenvalue weighted by Gasteiger charge is 2.24. The normalized spacial score (nSPS) is 12.7. The molecule has 0 aliphatic carbocycles. The second-order valence-electron chi connectivity index (χ2n) is 16.8. The van der Waals surface area contributed by atoms with Gasteiger partial charge in [-0.25, -0.2) is 9.97 Å². The van der Waals surface area contributed by atoms with E-state index in [-0.39, 0.29) is 24.8 Å². The van der Waals surface area contributed by atoms with Crippen molar-refractivity contribution in [3.63, 3.8) is 0 Å². The second-order valence-corrected chi connectivity index (χ2v) is 16.8. The van der Waals surface area contributed by atoms with E-state index in [1.165, 1.54) is 52.7 Å². The Morgan fingerprint density at radius 2 is 0.938 bits per heavy atom. The molecule has 10 heteroatoms. The Balaban J connectivity index is 1.28. The topological polar surface area (TPSA) is 118 Å². The Morgan fingerprint density at radius 3 is 1.42 bits per heavy atom. The number of aromatic amines is 2. The summed E-state index contributed by atoms with van der Waals surface area (Å²) in [6, 6.07) is 34.2. The molecule has 2 aliphatic heterocycles. The highest BCUT2D eigenvalue weighted by atomic mass is 16.5. The van der Waals surface area contributed by atoms with Crippen LogP contribution >= 0.6 is 0 Å². The van der Waals surface area contributed by atoms with Gasteiger partial charge in [-0.15, -0.1) is 0 Å². The maximum atomic E-state index is 12.5. The van der Waals surface area contributed by atoms with E-state index in [0.29, 0.717) is 12.8 Å². The van der Waals surface area contributed by atoms with Crippen molar-refractivity contribution < 1.29 is 28.2 Å². The first-order chi connectivity index (χ1) is 31.1. The highest BCUT2D eigenvalue weighted by Crippen LogP contribution is 2.38. The maximum Gasteiger partial charge on any atom is 0.305 e. The molecule has 0 fully saturated rings. The number of rotatable bonds is 12. The largest absolute Gasteiger partial charge is 0.469 e. The zero-order chi connectivity index (χ0) is 44.5. The molecule has 0 saturated heterocycles. The summed E-state index contributed by atoms with van der Waals surface area (Å²) < 4.78 is 14.8. The van der Waals surface area contributed by atoms with Crippen LogP contribution in [-0.2, 0) is 45.0 Å². The molecule has 2 aliphatic rings. The van der Waals surface area contributed by atoms with Crippen LogP contribution in [0.15, 0.2) is 109 Å². The van der Waals surface area contributed by atoms with Crippen LogP contribution in [0.2, 0.25) is 0 Å². The van der Waals surface area contributed by atoms with Gasteiger partial charge in [-0.05, 0) is 134 Å². The average molecular weight is 851 g/mol. The number of benzene rings is 2. The summed E-state index contributed by atoms with van der Waals surface area (Å²) in [5.41, 5.74) is 18.3. The number of H-pyrrole nitrogens is 2. The lowest BCUT2D eigenvalue weighted by Crippen LogP contribution is -2.35. The molecule has 0 saturated carbocycles. The number of fused-ring (bicyclic) bond motifs is 10. The number of para-hydroxylation sites is 2. The second kappa shape index (κ2) is 17.9. The molecule has 7 heterocycles. The smallest absolute Gasteiger partial charge is 0.305 e. The predicted molar refractivity (Wildman–Crippen MR) is 254 cm³/mol. The number of hydrogen-bond acceptors (Lipinski definition) is 6. The summed E-state index contributed by atoms with van der Waals surface area (Å²) in [5.74, 6) is -0.560. The SMILES string of the molecule is COC(=O)CCC1=C(C)c2cc3[nH]c(cc4[nH]c(cc5nc(cc1n2)C(CCC(=O)OC)=C5C)c(CC[n+]1cccc2ccccc21)c4C)c(CC[n+]1cccc2ccccc21)c3C. The predicted octanol–water partition coefficient (Wildman–Crippen LogP) is 10.1. The lowest BCUT2D eigenvalue weighted by molar-refractivity contribution is -0.671. The molecule has 7 aromatic rings. The number of aromatic nitrogens is 6. The highest BCUT2D eigenvalue weighted by molar-refractivity contribution is 5.96. The van der Waals surface area contributed by atoms with E-state index >= 15 is 0 Å². The Kier molecular flexibility index (Phi) is 11.8. The number of carbonyl (C=O) groups excluding carboxylic acids is 2. The Morgan fingerprint density at radius 1 is 0.516 bits per heavy atom. The number of hydrogen-bond donors (Lipinski definition) is 2. The van der Waals surface area contributed by atoms with Crippen molar-refractivity contribution in [2.45, 2.75) is 79.3 Å². The van der Waals surface area contributed by atoms with E-state index in [1.54, 1.807) is 0 Å². The maximum absolute atomic E-state index is 12.5. The van der Waals surface area contributed by atoms with E-state index < -0.39 is 0 Å². The molecular formula is C54H54N6O4+2. The van der Waals surface area contributed by atoms with Crippen molar-refractivity contribution in [3.05, 3.63) is 154 Å². The Labute approximate surface area is 373 Å². The minimum Gasteiger partial charge on any atom is -0.469 e. The van der Waals surface area contributed by atoms with E-state index in [0.717, 1.165) is 98.6 Å². The molecule has 0 amide bonds. The van der Waals surface area contributed by atoms with Crippen molar-refractivity contribution >= 4 is 78.1 Å². The molecule has 0 unspecified atom stereocenters. The van der Waals surface area contributed by atoms with Crippen LogP contribution in [0, 0.1) is 13.8 Å². The summed E-state index contributed by atoms with van der Waals surface area (Å²) in [6.45, 7) is 10.1. The van der Waals surface area contributed by atoms with Crippen LogP contribution in [0.4, 0.5) is 0 Å². The first kappa shape index (κ1) is 42.1. The zero-order valence-electron chi connectivity index (χ0n) is 37.5. The van der Waals surface area contributed by atoms with E-state index in [1.807, 2.05) is 6.07 Å². The van der Waals surface area contributed by atoms with Crippen molar-refractivity contribution in [2.24, 2.45) is 0 Å². The summed E-state index contributed by atoms with van der Waals surface area (Å²) in [5, 5.41) is 2.41. The van der Waals surface area contributed by atoms with Crippen LogP contribution in [0.5, 0.6) is 0 Å². The third kappa shape index (κ3) is 8.23. The number of allylic oxidation sites excluding steroid dienone is 4. The first-order valence-electron chi connectivity index (χ1n) is 22.1. The van der Waals surface area contributed by atoms with E-state index in [2.05, 4.69) is 150 Å². The van der Waals surface area contributed by atoms with Crippen molar-refractivity contribution in [3.8, 4) is 0 Å². The van der Waals surface area contributed by atoms with Gasteiger partial charge in [0, 0.05) is 82.8 Å². The van der Waals surface area contributed by atoms with Crippen molar-refractivity contribution in [1.82, 2.24) is 19.9 Å². The summed E-state index contributed by atoms with van der Waals surface area (Å²) >= 11 is 0. The molecule has 5 aromatic heterocycles. The monoisotopic (exact) mass is 850 g/mol. The molecule has 0 spiro atoms. The van der Waals surface area contributed by atoms with Gasteiger partial charge in [0.2, 0.25) is 11.0 Å². The van der Waals surface area contributed by atoms with Gasteiger partial charge in [0.1, 0.15) is 0 Å². The molecule has 2 N–H and O–H groups in total. The number of esters is 2. The molecule has 10 nitrogen and oxygen atoms in total. The van der Waals surface area contributed by atoms with Crippen molar-refractivity contribution in [1.29, 1.82) is 0 Å². The van der Waals surface area contributed by atoms with Gasteiger partial charge in [0.05, 0.1) is 37.0 Å². The molecule has 322 valence electrons. The van der Waals surface area contributed by atoms with Crippen LogP contribution in [-0.4, -0.2) is 46.1 Å². The third-order valence-electron chi connectivity index (χ3n) is 13.2. The molecule has 8 bridgehead atoms. The number of aryl methyl sites for hydroxylation is 6. The Bertz CT molecular complexity index is 3230. The fraction of sp³-hybridized carbons (Fsp3) is 0.259. The lowest BCUT2D eigenvalue weighted by atomic mass is 9.98. The zero-order valence-corrected chi connectivity index (χ0v) is 37.5. The summed E-state index contributed by atoms with van der Waals surface area (Å²) in [7, 11) is 2.84. The Hall–Kier alpha value is -7.20. The van der Waals surface area contributed by atoms with Crippen molar-refractivity contribution in [2.75, 3.05) is 14.2 Å². The van der Waals surface area contributed by atoms with Gasteiger partial charge in [0.25, 0.3) is 0 Å². The fourth-order valence-corrected chi connectivity index (χ4v) is 9.45. The molecular weight excluding hydrogens is 797 g/mol. The van der Waals surface area contributed by atoms with Crippen LogP contribution in [0.1, 0.15) is 84.6 Å². The van der Waals surface area contributed by atoms with Crippen LogP contribution in [0.3, 0.4) is 0 Å². The fourth-order valence-electron chi connectivity index (χ4n) is 9.45. The van der Waals surface area contributed by atoms with Crippen LogP contribution in [0.25, 0.3) is 66.2 Å². The lowest BCUT2D eigenvalue weighted by Gasteiger charge is -2.06. The van der Waals surface area contributed by atoms with Gasteiger partial charge in [-0.3, -0.25) is 9.59 Å². The number of pyridine rings is 2. The van der Waals surface area contributed by atoms with Gasteiger partial charge in [0.15, 0.2) is 25.5 Å². The van der Waals surface area contributed by atoms with E-state index in [4.69, 9.17) is 19.4 Å². The standard InChI is InChI=1S/C54H54N6O4/c1-33-39(19-21-53(61)63-5)49-32-50-40(20-22-54(62)64-6)34(2)45(58-50)30-48-42(24-28-60-26-12-16-38-14-8-10-18-52(38)60)36(4)46(57-48)31-47-41(35(3)44(55-47)29-43(33)56-49)23-27-59-25-11-15-37-13-7-9-17-51(37)59/h7-18,25-26,29-32,55,57H,19-24,27-28H2,1-6H3/q+2. The summed E-state index contributed by atoms with van der Waals surface area (Å²) in [4.78, 5) is 43.3. The molecule has 2 aromatic carbocycles. The van der Waals surface area contributed by atoms with Gasteiger partial charge >= 0.3 is 11.9 Å². The quantitative estimate of drug-likeness (QED) is 0.0934. The average Bonchev–Trinajstić information content (AvgIpc) is 3.97. The number of carbonyl (C=O) groups is 2. The van der Waals surface area contributed by atoms with Crippen LogP contribution < -0.4 is 9.13 Å². The first-order valence-corrected chi connectivity index (χ1v) is 22.1. The third-order valence-corrected chi connectivity index (χ3v) is 13.2. The molecule has 0 radical (unpaired) electrons. The number of nitrogens with one attached hydrogen (secondary N) is 2. The molecule has 64 heavy (non-hydrogen) atoms. The number of nitrogens with zero attached hydrogens (tertiary/aromatic N) is 4. The minimum atomic E-state index is -0.280. The number of ether oxygens (including phenoxy) is 2.